The lowest BCUT2D eigenvalue weighted by molar-refractivity contribution is 0.412. The minimum absolute atomic E-state index is 0.509. The van der Waals surface area contributed by atoms with Gasteiger partial charge in [-0.1, -0.05) is 0 Å². The van der Waals surface area contributed by atoms with E-state index in [1.54, 1.807) is 7.11 Å². The maximum atomic E-state index is 5.57. The molecule has 18 heavy (non-hydrogen) atoms. The molecule has 96 valence electrons. The van der Waals surface area contributed by atoms with Gasteiger partial charge in [0.25, 0.3) is 0 Å². The molecule has 5 nitrogen and oxygen atoms in total. The summed E-state index contributed by atoms with van der Waals surface area (Å²) in [5, 5.41) is 6.80. The van der Waals surface area contributed by atoms with Gasteiger partial charge in [0.2, 0.25) is 0 Å². The number of H-pyrrole nitrogens is 1. The molecule has 0 spiro atoms. The van der Waals surface area contributed by atoms with Crippen molar-refractivity contribution in [2.24, 2.45) is 0 Å². The number of benzene rings is 1. The van der Waals surface area contributed by atoms with Crippen molar-refractivity contribution in [3.63, 3.8) is 0 Å². The highest BCUT2D eigenvalue weighted by Crippen LogP contribution is 2.29. The number of halogens is 1. The normalized spacial score (nSPS) is 10.4. The zero-order chi connectivity index (χ0) is 13.1. The van der Waals surface area contributed by atoms with E-state index in [-0.39, 0.29) is 0 Å². The molecule has 3 N–H and O–H groups in total. The lowest BCUT2D eigenvalue weighted by Crippen LogP contribution is -2.16. The average Bonchev–Trinajstić information content (AvgIpc) is 2.74. The molecule has 0 atom stereocenters. The van der Waals surface area contributed by atoms with E-state index in [0.29, 0.717) is 12.4 Å². The van der Waals surface area contributed by atoms with Crippen molar-refractivity contribution in [1.29, 1.82) is 0 Å². The Bertz CT molecular complexity index is 541. The first-order valence-electron chi connectivity index (χ1n) is 5.44. The molecule has 0 amide bonds. The minimum atomic E-state index is 0.509. The molecule has 1 aromatic carbocycles. The summed E-state index contributed by atoms with van der Waals surface area (Å²) < 4.78 is 6.13. The Morgan fingerprint density at radius 1 is 1.44 bits per heavy atom. The van der Waals surface area contributed by atoms with Crippen LogP contribution in [0.5, 0.6) is 5.75 Å². The van der Waals surface area contributed by atoms with Gasteiger partial charge in [0.15, 0.2) is 0 Å². The number of methoxy groups -OCH3 is 1. The van der Waals surface area contributed by atoms with Crippen molar-refractivity contribution in [2.75, 3.05) is 24.8 Å². The van der Waals surface area contributed by atoms with Crippen LogP contribution in [0.15, 0.2) is 28.7 Å². The first kappa shape index (κ1) is 12.8. The van der Waals surface area contributed by atoms with Crippen LogP contribution in [-0.4, -0.2) is 24.4 Å². The fourth-order valence-corrected chi connectivity index (χ4v) is 2.23. The predicted molar refractivity (Wildman–Crippen MR) is 75.8 cm³/mol. The largest absolute Gasteiger partial charge is 0.496 e. The second kappa shape index (κ2) is 5.30. The SMILES string of the molecule is COc1ccc(N(C)Cc2cc(N)n[nH]2)cc1Br. The number of aromatic amines is 1. The van der Waals surface area contributed by atoms with Gasteiger partial charge in [-0.3, -0.25) is 5.10 Å². The van der Waals surface area contributed by atoms with E-state index in [0.717, 1.165) is 21.6 Å². The van der Waals surface area contributed by atoms with Crippen LogP contribution in [0.25, 0.3) is 0 Å². The molecule has 1 aromatic heterocycles. The molecule has 2 aromatic rings. The number of nitrogens with zero attached hydrogens (tertiary/aromatic N) is 2. The highest BCUT2D eigenvalue weighted by Gasteiger charge is 2.07. The quantitative estimate of drug-likeness (QED) is 0.910. The van der Waals surface area contributed by atoms with Crippen molar-refractivity contribution in [1.82, 2.24) is 10.2 Å². The third-order valence-electron chi connectivity index (χ3n) is 2.63. The molecule has 0 bridgehead atoms. The van der Waals surface area contributed by atoms with Crippen LogP contribution in [-0.2, 0) is 6.54 Å². The van der Waals surface area contributed by atoms with Crippen LogP contribution in [0.4, 0.5) is 11.5 Å². The second-order valence-electron chi connectivity index (χ2n) is 3.99. The van der Waals surface area contributed by atoms with Crippen LogP contribution < -0.4 is 15.4 Å². The minimum Gasteiger partial charge on any atom is -0.496 e. The van der Waals surface area contributed by atoms with Crippen LogP contribution >= 0.6 is 15.9 Å². The van der Waals surface area contributed by atoms with Crippen LogP contribution in [0.2, 0.25) is 0 Å². The number of anilines is 2. The van der Waals surface area contributed by atoms with Gasteiger partial charge >= 0.3 is 0 Å². The monoisotopic (exact) mass is 310 g/mol. The van der Waals surface area contributed by atoms with Gasteiger partial charge in [0, 0.05) is 18.8 Å². The Kier molecular flexibility index (Phi) is 3.76. The van der Waals surface area contributed by atoms with E-state index in [2.05, 4.69) is 31.0 Å². The zero-order valence-electron chi connectivity index (χ0n) is 10.3. The first-order valence-corrected chi connectivity index (χ1v) is 6.24. The van der Waals surface area contributed by atoms with Gasteiger partial charge in [-0.15, -0.1) is 0 Å². The molecule has 0 saturated heterocycles. The van der Waals surface area contributed by atoms with E-state index in [4.69, 9.17) is 10.5 Å². The predicted octanol–water partition coefficient (Wildman–Crippen LogP) is 2.40. The topological polar surface area (TPSA) is 67.2 Å². The fraction of sp³-hybridized carbons (Fsp3) is 0.250. The molecule has 0 fully saturated rings. The molecule has 1 heterocycles. The van der Waals surface area contributed by atoms with Crippen molar-refractivity contribution in [3.05, 3.63) is 34.4 Å². The molecule has 0 aliphatic heterocycles. The van der Waals surface area contributed by atoms with Crippen molar-refractivity contribution >= 4 is 27.4 Å². The maximum absolute atomic E-state index is 5.57. The molecule has 0 aliphatic rings. The van der Waals surface area contributed by atoms with E-state index < -0.39 is 0 Å². The van der Waals surface area contributed by atoms with Crippen molar-refractivity contribution in [3.8, 4) is 5.75 Å². The summed E-state index contributed by atoms with van der Waals surface area (Å²) in [6, 6.07) is 7.77. The highest BCUT2D eigenvalue weighted by molar-refractivity contribution is 9.10. The summed E-state index contributed by atoms with van der Waals surface area (Å²) >= 11 is 3.47. The summed E-state index contributed by atoms with van der Waals surface area (Å²) in [4.78, 5) is 2.09. The van der Waals surface area contributed by atoms with Gasteiger partial charge in [-0.2, -0.15) is 5.10 Å². The number of aromatic nitrogens is 2. The summed E-state index contributed by atoms with van der Waals surface area (Å²) in [5.41, 5.74) is 7.62. The first-order chi connectivity index (χ1) is 8.60. The number of nitrogens with one attached hydrogen (secondary N) is 1. The van der Waals surface area contributed by atoms with Gasteiger partial charge in [-0.05, 0) is 34.1 Å². The van der Waals surface area contributed by atoms with Gasteiger partial charge in [-0.25, -0.2) is 0 Å². The molecular formula is C12H15BrN4O. The van der Waals surface area contributed by atoms with Gasteiger partial charge in [0.05, 0.1) is 23.8 Å². The number of nitrogens with two attached hydrogens (primary N) is 1. The van der Waals surface area contributed by atoms with Crippen molar-refractivity contribution < 1.29 is 4.74 Å². The van der Waals surface area contributed by atoms with Gasteiger partial charge < -0.3 is 15.4 Å². The smallest absolute Gasteiger partial charge is 0.145 e. The number of hydrogen-bond acceptors (Lipinski definition) is 4. The number of rotatable bonds is 4. The Morgan fingerprint density at radius 3 is 2.78 bits per heavy atom. The third-order valence-corrected chi connectivity index (χ3v) is 3.25. The lowest BCUT2D eigenvalue weighted by Gasteiger charge is -2.19. The van der Waals surface area contributed by atoms with Crippen LogP contribution in [0.1, 0.15) is 5.69 Å². The Hall–Kier alpha value is -1.69. The van der Waals surface area contributed by atoms with Crippen LogP contribution in [0, 0.1) is 0 Å². The lowest BCUT2D eigenvalue weighted by atomic mass is 10.2. The molecule has 0 aliphatic carbocycles. The average molecular weight is 311 g/mol. The van der Waals surface area contributed by atoms with Gasteiger partial charge in [0.1, 0.15) is 11.6 Å². The Balaban J connectivity index is 2.13. The second-order valence-corrected chi connectivity index (χ2v) is 4.85. The Labute approximate surface area is 114 Å². The molecular weight excluding hydrogens is 296 g/mol. The number of hydrogen-bond donors (Lipinski definition) is 2. The molecule has 0 unspecified atom stereocenters. The third kappa shape index (κ3) is 2.76. The molecule has 2 rings (SSSR count). The highest BCUT2D eigenvalue weighted by atomic mass is 79.9. The summed E-state index contributed by atoms with van der Waals surface area (Å²) in [6.45, 7) is 0.711. The van der Waals surface area contributed by atoms with Crippen LogP contribution in [0.3, 0.4) is 0 Å². The van der Waals surface area contributed by atoms with E-state index >= 15 is 0 Å². The van der Waals surface area contributed by atoms with E-state index in [1.807, 2.05) is 31.3 Å². The summed E-state index contributed by atoms with van der Waals surface area (Å²) in [5.74, 6) is 1.33. The van der Waals surface area contributed by atoms with E-state index in [9.17, 15) is 0 Å². The standard InChI is InChI=1S/C12H15BrN4O/c1-17(7-8-5-12(14)16-15-8)9-3-4-11(18-2)10(13)6-9/h3-6H,7H2,1-2H3,(H3,14,15,16). The molecule has 6 heteroatoms. The summed E-state index contributed by atoms with van der Waals surface area (Å²) in [7, 11) is 3.65. The Morgan fingerprint density at radius 2 is 2.22 bits per heavy atom. The summed E-state index contributed by atoms with van der Waals surface area (Å²) in [6.07, 6.45) is 0. The van der Waals surface area contributed by atoms with Crippen molar-refractivity contribution in [2.45, 2.75) is 6.54 Å². The zero-order valence-corrected chi connectivity index (χ0v) is 11.9. The number of nitrogen functional groups attached to an aromatic ring is 1. The molecule has 0 saturated carbocycles. The van der Waals surface area contributed by atoms with E-state index in [1.165, 1.54) is 0 Å². The fourth-order valence-electron chi connectivity index (χ4n) is 1.70. The maximum Gasteiger partial charge on any atom is 0.145 e. The number of ether oxygens (including phenoxy) is 1. The molecule has 0 radical (unpaired) electrons.